The van der Waals surface area contributed by atoms with E-state index >= 15 is 0 Å². The van der Waals surface area contributed by atoms with Crippen LogP contribution in [0.5, 0.6) is 11.5 Å². The molecule has 1 unspecified atom stereocenters. The average molecular weight is 316 g/mol. The van der Waals surface area contributed by atoms with Gasteiger partial charge in [-0.1, -0.05) is 6.07 Å². The third-order valence-electron chi connectivity index (χ3n) is 2.94. The number of ether oxygens (including phenoxy) is 1. The third kappa shape index (κ3) is 3.84. The Labute approximate surface area is 124 Å². The van der Waals surface area contributed by atoms with Gasteiger partial charge in [-0.25, -0.2) is 0 Å². The topological polar surface area (TPSA) is 82.1 Å². The van der Waals surface area contributed by atoms with Gasteiger partial charge in [-0.15, -0.1) is 0 Å². The van der Waals surface area contributed by atoms with Crippen molar-refractivity contribution in [3.05, 3.63) is 23.3 Å². The maximum Gasteiger partial charge on any atom is 0.345 e. The van der Waals surface area contributed by atoms with Crippen LogP contribution in [-0.2, 0) is 18.4 Å². The highest BCUT2D eigenvalue weighted by Crippen LogP contribution is 2.60. The zero-order valence-corrected chi connectivity index (χ0v) is 13.6. The normalized spacial score (nSPS) is 13.0. The zero-order chi connectivity index (χ0) is 16.0. The Hall–Kier alpha value is -1.36. The molecule has 0 aliphatic heterocycles. The van der Waals surface area contributed by atoms with Crippen LogP contribution in [0.25, 0.3) is 0 Å². The lowest BCUT2D eigenvalue weighted by atomic mass is 10.1. The smallest absolute Gasteiger partial charge is 0.345 e. The summed E-state index contributed by atoms with van der Waals surface area (Å²) >= 11 is 0. The molecule has 21 heavy (non-hydrogen) atoms. The number of phenols is 1. The van der Waals surface area contributed by atoms with E-state index in [1.807, 2.05) is 0 Å². The summed E-state index contributed by atoms with van der Waals surface area (Å²) in [5.74, 6) is 0.185. The van der Waals surface area contributed by atoms with Gasteiger partial charge in [-0.2, -0.15) is 0 Å². The van der Waals surface area contributed by atoms with Crippen molar-refractivity contribution in [1.82, 2.24) is 0 Å². The molecule has 0 aliphatic rings. The van der Waals surface area contributed by atoms with Crippen LogP contribution in [0.15, 0.2) is 12.1 Å². The van der Waals surface area contributed by atoms with E-state index in [1.165, 1.54) is 13.2 Å². The van der Waals surface area contributed by atoms with Crippen molar-refractivity contribution in [3.63, 3.8) is 0 Å². The predicted molar refractivity (Wildman–Crippen MR) is 79.1 cm³/mol. The first-order valence-electron chi connectivity index (χ1n) is 6.65. The van der Waals surface area contributed by atoms with Gasteiger partial charge in [0.05, 0.1) is 20.3 Å². The molecule has 0 aliphatic carbocycles. The van der Waals surface area contributed by atoms with Crippen molar-refractivity contribution < 1.29 is 28.3 Å². The maximum absolute atomic E-state index is 12.8. The number of phenolic OH excluding ortho intramolecular Hbond substituents is 1. The van der Waals surface area contributed by atoms with Crippen molar-refractivity contribution in [2.24, 2.45) is 0 Å². The molecule has 6 nitrogen and oxygen atoms in total. The van der Waals surface area contributed by atoms with Crippen LogP contribution >= 0.6 is 7.60 Å². The number of rotatable bonds is 8. The number of hydrogen-bond acceptors (Lipinski definition) is 6. The third-order valence-corrected chi connectivity index (χ3v) is 5.27. The van der Waals surface area contributed by atoms with Gasteiger partial charge in [0.1, 0.15) is 11.9 Å². The van der Waals surface area contributed by atoms with Gasteiger partial charge in [0.2, 0.25) is 0 Å². The molecule has 0 fully saturated rings. The zero-order valence-electron chi connectivity index (χ0n) is 12.7. The van der Waals surface area contributed by atoms with Crippen LogP contribution in [0.3, 0.4) is 0 Å². The van der Waals surface area contributed by atoms with E-state index in [0.29, 0.717) is 17.4 Å². The van der Waals surface area contributed by atoms with Crippen LogP contribution in [0.2, 0.25) is 0 Å². The quantitative estimate of drug-likeness (QED) is 0.586. The van der Waals surface area contributed by atoms with Crippen molar-refractivity contribution in [2.45, 2.75) is 26.4 Å². The molecule has 0 saturated heterocycles. The van der Waals surface area contributed by atoms with Crippen LogP contribution in [0.1, 0.15) is 30.6 Å². The van der Waals surface area contributed by atoms with Crippen LogP contribution in [0, 0.1) is 6.92 Å². The molecule has 1 N–H and O–H groups in total. The Morgan fingerprint density at radius 1 is 1.29 bits per heavy atom. The number of aryl methyl sites for hydroxylation is 1. The predicted octanol–water partition coefficient (Wildman–Crippen LogP) is 3.22. The number of carbonyl (C=O) groups excluding carboxylic acids is 1. The highest BCUT2D eigenvalue weighted by atomic mass is 31.2. The standard InChI is InChI=1S/C14H21O6P/c1-5-19-21(17,20-6-2)13(9-15)11-7-10(3)14(16)12(8-11)18-4/h7-9,13,16H,5-6H2,1-4H3. The fourth-order valence-electron chi connectivity index (χ4n) is 1.99. The SMILES string of the molecule is CCOP(=O)(OCC)C(C=O)c1cc(C)c(O)c(OC)c1. The first kappa shape index (κ1) is 17.7. The maximum atomic E-state index is 12.8. The second-order valence-corrected chi connectivity index (χ2v) is 6.50. The lowest BCUT2D eigenvalue weighted by molar-refractivity contribution is -0.108. The Bertz CT molecular complexity index is 533. The molecule has 0 radical (unpaired) electrons. The van der Waals surface area contributed by atoms with Gasteiger partial charge in [-0.3, -0.25) is 4.57 Å². The molecule has 0 aromatic heterocycles. The highest BCUT2D eigenvalue weighted by Gasteiger charge is 2.37. The molecule has 1 aromatic carbocycles. The minimum Gasteiger partial charge on any atom is -0.504 e. The number of aromatic hydroxyl groups is 1. The molecule has 7 heteroatoms. The van der Waals surface area contributed by atoms with E-state index in [4.69, 9.17) is 13.8 Å². The molecule has 0 saturated carbocycles. The monoisotopic (exact) mass is 316 g/mol. The molecule has 0 bridgehead atoms. The van der Waals surface area contributed by atoms with Crippen molar-refractivity contribution in [3.8, 4) is 11.5 Å². The fraction of sp³-hybridized carbons (Fsp3) is 0.500. The summed E-state index contributed by atoms with van der Waals surface area (Å²) in [6, 6.07) is 3.04. The summed E-state index contributed by atoms with van der Waals surface area (Å²) < 4.78 is 28.3. The van der Waals surface area contributed by atoms with Gasteiger partial charge < -0.3 is 23.7 Å². The van der Waals surface area contributed by atoms with Crippen LogP contribution < -0.4 is 4.74 Å². The average Bonchev–Trinajstić information content (AvgIpc) is 2.43. The van der Waals surface area contributed by atoms with E-state index in [-0.39, 0.29) is 24.7 Å². The number of carbonyl (C=O) groups is 1. The molecule has 0 amide bonds. The minimum absolute atomic E-state index is 0.0199. The fourth-order valence-corrected chi connectivity index (χ4v) is 3.77. The summed E-state index contributed by atoms with van der Waals surface area (Å²) in [4.78, 5) is 11.5. The van der Waals surface area contributed by atoms with E-state index < -0.39 is 13.3 Å². The molecule has 0 spiro atoms. The summed E-state index contributed by atoms with van der Waals surface area (Å²) in [5.41, 5.74) is -0.135. The van der Waals surface area contributed by atoms with Gasteiger partial charge in [0.25, 0.3) is 0 Å². The van der Waals surface area contributed by atoms with Gasteiger partial charge >= 0.3 is 7.60 Å². The van der Waals surface area contributed by atoms with Crippen LogP contribution in [-0.4, -0.2) is 31.7 Å². The minimum atomic E-state index is -3.62. The lowest BCUT2D eigenvalue weighted by Gasteiger charge is -2.23. The molecule has 1 aromatic rings. The number of hydrogen-bond donors (Lipinski definition) is 1. The largest absolute Gasteiger partial charge is 0.504 e. The van der Waals surface area contributed by atoms with Gasteiger partial charge in [-0.05, 0) is 38.0 Å². The Morgan fingerprint density at radius 3 is 2.29 bits per heavy atom. The van der Waals surface area contributed by atoms with Crippen molar-refractivity contribution in [2.75, 3.05) is 20.3 Å². The summed E-state index contributed by atoms with van der Waals surface area (Å²) in [6.07, 6.45) is 0.539. The van der Waals surface area contributed by atoms with E-state index in [2.05, 4.69) is 0 Å². The van der Waals surface area contributed by atoms with E-state index in [9.17, 15) is 14.5 Å². The van der Waals surface area contributed by atoms with Crippen LogP contribution in [0.4, 0.5) is 0 Å². The van der Waals surface area contributed by atoms with Gasteiger partial charge in [0.15, 0.2) is 11.5 Å². The Morgan fingerprint density at radius 2 is 1.86 bits per heavy atom. The molecular weight excluding hydrogens is 295 g/mol. The molecule has 0 heterocycles. The van der Waals surface area contributed by atoms with Crippen molar-refractivity contribution >= 4 is 13.9 Å². The Kier molecular flexibility index (Phi) is 6.40. The molecule has 118 valence electrons. The summed E-state index contributed by atoms with van der Waals surface area (Å²) in [5, 5.41) is 9.84. The number of aldehydes is 1. The molecular formula is C14H21O6P. The first-order valence-corrected chi connectivity index (χ1v) is 8.26. The highest BCUT2D eigenvalue weighted by molar-refractivity contribution is 7.55. The first-order chi connectivity index (χ1) is 9.93. The second-order valence-electron chi connectivity index (χ2n) is 4.34. The van der Waals surface area contributed by atoms with Crippen molar-refractivity contribution in [1.29, 1.82) is 0 Å². The number of benzene rings is 1. The number of methoxy groups -OCH3 is 1. The second kappa shape index (κ2) is 7.59. The Balaban J connectivity index is 3.35. The lowest BCUT2D eigenvalue weighted by Crippen LogP contribution is -2.08. The molecule has 1 atom stereocenters. The van der Waals surface area contributed by atoms with E-state index in [0.717, 1.165) is 0 Å². The summed E-state index contributed by atoms with van der Waals surface area (Å²) in [7, 11) is -2.22. The molecule has 1 rings (SSSR count). The summed E-state index contributed by atoms with van der Waals surface area (Å²) in [6.45, 7) is 5.34. The van der Waals surface area contributed by atoms with E-state index in [1.54, 1.807) is 26.8 Å². The van der Waals surface area contributed by atoms with Gasteiger partial charge in [0, 0.05) is 0 Å².